The van der Waals surface area contributed by atoms with Crippen LogP contribution in [0.1, 0.15) is 42.4 Å². The van der Waals surface area contributed by atoms with Crippen LogP contribution in [0.5, 0.6) is 5.75 Å². The van der Waals surface area contributed by atoms with E-state index in [0.29, 0.717) is 11.2 Å². The van der Waals surface area contributed by atoms with Gasteiger partial charge in [0, 0.05) is 0 Å². The number of benzene rings is 1. The molecule has 1 aromatic rings. The van der Waals surface area contributed by atoms with E-state index in [1.165, 1.54) is 43.2 Å². The second-order valence-corrected chi connectivity index (χ2v) is 4.93. The molecule has 0 atom stereocenters. The van der Waals surface area contributed by atoms with Crippen LogP contribution in [0, 0.1) is 6.92 Å². The quantitative estimate of drug-likeness (QED) is 0.663. The minimum Gasteiger partial charge on any atom is -0.508 e. The third kappa shape index (κ3) is 0.902. The van der Waals surface area contributed by atoms with Gasteiger partial charge < -0.3 is 5.11 Å². The molecule has 0 amide bonds. The molecule has 2 aliphatic rings. The van der Waals surface area contributed by atoms with Crippen molar-refractivity contribution in [2.24, 2.45) is 0 Å². The Kier molecular flexibility index (Phi) is 1.51. The van der Waals surface area contributed by atoms with Gasteiger partial charge in [0.2, 0.25) is 0 Å². The zero-order valence-corrected chi connectivity index (χ0v) is 8.64. The van der Waals surface area contributed by atoms with Gasteiger partial charge in [-0.3, -0.25) is 0 Å². The van der Waals surface area contributed by atoms with Crippen LogP contribution in [0.2, 0.25) is 0 Å². The number of aryl methyl sites for hydroxylation is 2. The maximum Gasteiger partial charge on any atom is 0.116 e. The number of hydrogen-bond donors (Lipinski definition) is 1. The summed E-state index contributed by atoms with van der Waals surface area (Å²) in [5.41, 5.74) is 4.80. The lowest BCUT2D eigenvalue weighted by molar-refractivity contribution is 0.243. The minimum absolute atomic E-state index is 0.442. The van der Waals surface area contributed by atoms with Gasteiger partial charge >= 0.3 is 0 Å². The van der Waals surface area contributed by atoms with E-state index >= 15 is 0 Å². The van der Waals surface area contributed by atoms with Gasteiger partial charge in [0.05, 0.1) is 0 Å². The average Bonchev–Trinajstić information content (AvgIpc) is 2.42. The Bertz CT molecular complexity index is 388. The Labute approximate surface area is 84.8 Å². The average molecular weight is 188 g/mol. The first-order chi connectivity index (χ1) is 6.71. The molecule has 0 aliphatic heterocycles. The lowest BCUT2D eigenvalue weighted by Crippen LogP contribution is -2.32. The summed E-state index contributed by atoms with van der Waals surface area (Å²) in [6.07, 6.45) is 6.61. The molecule has 0 saturated heterocycles. The molecule has 0 aromatic heterocycles. The first-order valence-electron chi connectivity index (χ1n) is 5.54. The monoisotopic (exact) mass is 188 g/mol. The number of phenols is 1. The van der Waals surface area contributed by atoms with Crippen LogP contribution in [-0.2, 0) is 11.8 Å². The lowest BCUT2D eigenvalue weighted by atomic mass is 9.64. The minimum atomic E-state index is 0.442. The zero-order chi connectivity index (χ0) is 9.76. The van der Waals surface area contributed by atoms with E-state index in [4.69, 9.17) is 0 Å². The van der Waals surface area contributed by atoms with E-state index in [1.54, 1.807) is 5.56 Å². The molecule has 0 unspecified atom stereocenters. The third-order valence-electron chi connectivity index (χ3n) is 4.12. The van der Waals surface area contributed by atoms with Crippen LogP contribution in [0.3, 0.4) is 0 Å². The highest BCUT2D eigenvalue weighted by molar-refractivity contribution is 5.49. The van der Waals surface area contributed by atoms with Crippen molar-refractivity contribution in [3.63, 3.8) is 0 Å². The van der Waals surface area contributed by atoms with Gasteiger partial charge in [-0.25, -0.2) is 0 Å². The summed E-state index contributed by atoms with van der Waals surface area (Å²) in [4.78, 5) is 0. The first-order valence-corrected chi connectivity index (χ1v) is 5.54. The van der Waals surface area contributed by atoms with Gasteiger partial charge in [-0.05, 0) is 66.8 Å². The highest BCUT2D eigenvalue weighted by Gasteiger charge is 2.44. The van der Waals surface area contributed by atoms with Crippen LogP contribution >= 0.6 is 0 Å². The van der Waals surface area contributed by atoms with Gasteiger partial charge in [-0.15, -0.1) is 0 Å². The molecular formula is C13H16O. The Balaban J connectivity index is 2.19. The Morgan fingerprint density at radius 3 is 2.64 bits per heavy atom. The number of phenolic OH excluding ortho intramolecular Hbond substituents is 1. The molecule has 1 heteroatoms. The van der Waals surface area contributed by atoms with Crippen molar-refractivity contribution in [2.75, 3.05) is 0 Å². The van der Waals surface area contributed by atoms with Crippen molar-refractivity contribution in [3.05, 3.63) is 28.8 Å². The van der Waals surface area contributed by atoms with Crippen molar-refractivity contribution in [1.82, 2.24) is 0 Å². The maximum absolute atomic E-state index is 9.54. The van der Waals surface area contributed by atoms with Crippen molar-refractivity contribution in [2.45, 2.75) is 44.4 Å². The van der Waals surface area contributed by atoms with Crippen molar-refractivity contribution in [3.8, 4) is 5.75 Å². The normalized spacial score (nSPS) is 22.1. The second-order valence-electron chi connectivity index (χ2n) is 4.93. The summed E-state index contributed by atoms with van der Waals surface area (Å²) in [6.45, 7) is 2.14. The predicted molar refractivity (Wildman–Crippen MR) is 56.7 cm³/mol. The standard InChI is InChI=1S/C13H16O/c1-9-7-11(14)8-10-3-6-13(12(9)10)4-2-5-13/h7-8,14H,2-6H2,1H3. The second kappa shape index (κ2) is 2.53. The Hall–Kier alpha value is -0.980. The topological polar surface area (TPSA) is 20.2 Å². The molecule has 1 spiro atoms. The fourth-order valence-corrected chi connectivity index (χ4v) is 3.40. The van der Waals surface area contributed by atoms with Gasteiger partial charge in [0.15, 0.2) is 0 Å². The largest absolute Gasteiger partial charge is 0.508 e. The molecule has 2 aliphatic carbocycles. The summed E-state index contributed by atoms with van der Waals surface area (Å²) in [5, 5.41) is 9.54. The molecule has 1 nitrogen and oxygen atoms in total. The van der Waals surface area contributed by atoms with Crippen molar-refractivity contribution >= 4 is 0 Å². The molecular weight excluding hydrogens is 172 g/mol. The Morgan fingerprint density at radius 2 is 2.00 bits per heavy atom. The molecule has 0 radical (unpaired) electrons. The molecule has 1 fully saturated rings. The van der Waals surface area contributed by atoms with Gasteiger partial charge in [0.1, 0.15) is 5.75 Å². The lowest BCUT2D eigenvalue weighted by Gasteiger charge is -2.40. The molecule has 1 aromatic carbocycles. The molecule has 74 valence electrons. The van der Waals surface area contributed by atoms with Crippen molar-refractivity contribution < 1.29 is 5.11 Å². The van der Waals surface area contributed by atoms with Crippen LogP contribution in [0.4, 0.5) is 0 Å². The Morgan fingerprint density at radius 1 is 1.21 bits per heavy atom. The maximum atomic E-state index is 9.54. The summed E-state index contributed by atoms with van der Waals surface area (Å²) >= 11 is 0. The number of hydrogen-bond acceptors (Lipinski definition) is 1. The first kappa shape index (κ1) is 8.34. The summed E-state index contributed by atoms with van der Waals surface area (Å²) in [7, 11) is 0. The van der Waals surface area contributed by atoms with Gasteiger partial charge in [-0.1, -0.05) is 6.42 Å². The molecule has 14 heavy (non-hydrogen) atoms. The summed E-state index contributed by atoms with van der Waals surface area (Å²) < 4.78 is 0. The molecule has 1 saturated carbocycles. The third-order valence-corrected chi connectivity index (χ3v) is 4.12. The molecule has 1 N–H and O–H groups in total. The van der Waals surface area contributed by atoms with E-state index in [0.717, 1.165) is 0 Å². The smallest absolute Gasteiger partial charge is 0.116 e. The van der Waals surface area contributed by atoms with E-state index in [2.05, 4.69) is 6.92 Å². The number of aromatic hydroxyl groups is 1. The fraction of sp³-hybridized carbons (Fsp3) is 0.538. The zero-order valence-electron chi connectivity index (χ0n) is 8.64. The van der Waals surface area contributed by atoms with Crippen LogP contribution in [0.25, 0.3) is 0 Å². The van der Waals surface area contributed by atoms with E-state index in [9.17, 15) is 5.11 Å². The van der Waals surface area contributed by atoms with E-state index < -0.39 is 0 Å². The fourth-order valence-electron chi connectivity index (χ4n) is 3.40. The van der Waals surface area contributed by atoms with Crippen LogP contribution in [-0.4, -0.2) is 5.11 Å². The van der Waals surface area contributed by atoms with E-state index in [-0.39, 0.29) is 0 Å². The number of rotatable bonds is 0. The predicted octanol–water partition coefficient (Wildman–Crippen LogP) is 3.07. The van der Waals surface area contributed by atoms with Crippen LogP contribution < -0.4 is 0 Å². The van der Waals surface area contributed by atoms with Crippen LogP contribution in [0.15, 0.2) is 12.1 Å². The molecule has 3 rings (SSSR count). The van der Waals surface area contributed by atoms with Gasteiger partial charge in [0.25, 0.3) is 0 Å². The summed E-state index contributed by atoms with van der Waals surface area (Å²) in [6, 6.07) is 3.89. The number of fused-ring (bicyclic) bond motifs is 2. The molecule has 0 bridgehead atoms. The summed E-state index contributed by atoms with van der Waals surface area (Å²) in [5.74, 6) is 0.442. The highest BCUT2D eigenvalue weighted by Crippen LogP contribution is 2.54. The van der Waals surface area contributed by atoms with Crippen molar-refractivity contribution in [1.29, 1.82) is 0 Å². The molecule has 0 heterocycles. The van der Waals surface area contributed by atoms with E-state index in [1.807, 2.05) is 12.1 Å². The SMILES string of the molecule is Cc1cc(O)cc2c1C1(CCC1)CC2. The van der Waals surface area contributed by atoms with Gasteiger partial charge in [-0.2, -0.15) is 0 Å². The highest BCUT2D eigenvalue weighted by atomic mass is 16.3.